The molecule has 14 heavy (non-hydrogen) atoms. The molecule has 0 spiro atoms. The van der Waals surface area contributed by atoms with Crippen LogP contribution >= 0.6 is 0 Å². The van der Waals surface area contributed by atoms with E-state index in [0.29, 0.717) is 13.2 Å². The minimum Gasteiger partial charge on any atom is -0.381 e. The molecular weight excluding hydrogens is 202 g/mol. The lowest BCUT2D eigenvalue weighted by Gasteiger charge is -2.26. The lowest BCUT2D eigenvalue weighted by Crippen LogP contribution is -2.32. The highest BCUT2D eigenvalue weighted by Gasteiger charge is 2.30. The van der Waals surface area contributed by atoms with Crippen LogP contribution in [0.1, 0.15) is 19.8 Å². The van der Waals surface area contributed by atoms with E-state index in [2.05, 4.69) is 0 Å². The number of nitriles is 1. The summed E-state index contributed by atoms with van der Waals surface area (Å²) < 4.78 is 28.3. The highest BCUT2D eigenvalue weighted by molar-refractivity contribution is 7.92. The van der Waals surface area contributed by atoms with Crippen LogP contribution < -0.4 is 0 Å². The zero-order valence-electron chi connectivity index (χ0n) is 8.27. The third kappa shape index (κ3) is 2.69. The summed E-state index contributed by atoms with van der Waals surface area (Å²) >= 11 is 0. The maximum atomic E-state index is 11.6. The van der Waals surface area contributed by atoms with E-state index in [-0.39, 0.29) is 11.7 Å². The molecule has 1 rings (SSSR count). The van der Waals surface area contributed by atoms with Gasteiger partial charge in [0.25, 0.3) is 0 Å². The summed E-state index contributed by atoms with van der Waals surface area (Å²) in [6.07, 6.45) is 1.57. The van der Waals surface area contributed by atoms with E-state index in [1.54, 1.807) is 13.0 Å². The van der Waals surface area contributed by atoms with Crippen LogP contribution in [0.3, 0.4) is 0 Å². The van der Waals surface area contributed by atoms with Crippen molar-refractivity contribution in [2.75, 3.05) is 19.0 Å². The Morgan fingerprint density at radius 2 is 2.07 bits per heavy atom. The molecule has 0 radical (unpaired) electrons. The minimum absolute atomic E-state index is 0.155. The van der Waals surface area contributed by atoms with Gasteiger partial charge in [-0.05, 0) is 25.7 Å². The average Bonchev–Trinajstić information content (AvgIpc) is 2.18. The lowest BCUT2D eigenvalue weighted by atomic mass is 9.97. The fourth-order valence-corrected chi connectivity index (χ4v) is 3.00. The van der Waals surface area contributed by atoms with Crippen molar-refractivity contribution in [3.8, 4) is 6.07 Å². The Labute approximate surface area is 84.8 Å². The summed E-state index contributed by atoms with van der Waals surface area (Å²) in [7, 11) is -3.23. The van der Waals surface area contributed by atoms with Gasteiger partial charge >= 0.3 is 0 Å². The maximum Gasteiger partial charge on any atom is 0.166 e. The first-order chi connectivity index (χ1) is 6.58. The Morgan fingerprint density at radius 3 is 2.57 bits per heavy atom. The molecule has 1 unspecified atom stereocenters. The van der Waals surface area contributed by atoms with E-state index < -0.39 is 15.1 Å². The molecule has 1 fully saturated rings. The molecule has 0 saturated carbocycles. The molecule has 80 valence electrons. The second-order valence-corrected chi connectivity index (χ2v) is 5.98. The SMILES string of the molecule is CC(C1CCOCC1)S(=O)(=O)CC#N. The van der Waals surface area contributed by atoms with Crippen LogP contribution in [0.25, 0.3) is 0 Å². The molecule has 0 bridgehead atoms. The van der Waals surface area contributed by atoms with E-state index in [1.165, 1.54) is 0 Å². The zero-order valence-corrected chi connectivity index (χ0v) is 9.09. The van der Waals surface area contributed by atoms with E-state index in [1.807, 2.05) is 0 Å². The standard InChI is InChI=1S/C9H15NO3S/c1-8(14(11,12)7-4-10)9-2-5-13-6-3-9/h8-9H,2-3,5-7H2,1H3. The Kier molecular flexibility index (Phi) is 3.90. The van der Waals surface area contributed by atoms with Crippen molar-refractivity contribution in [3.63, 3.8) is 0 Å². The minimum atomic E-state index is -3.23. The number of hydrogen-bond donors (Lipinski definition) is 0. The summed E-state index contributed by atoms with van der Waals surface area (Å²) in [6, 6.07) is 1.71. The molecule has 0 aromatic heterocycles. The van der Waals surface area contributed by atoms with Crippen molar-refractivity contribution < 1.29 is 13.2 Å². The molecule has 0 aromatic rings. The second-order valence-electron chi connectivity index (χ2n) is 3.62. The first kappa shape index (κ1) is 11.5. The van der Waals surface area contributed by atoms with Gasteiger partial charge in [-0.3, -0.25) is 0 Å². The van der Waals surface area contributed by atoms with E-state index >= 15 is 0 Å². The fraction of sp³-hybridized carbons (Fsp3) is 0.889. The van der Waals surface area contributed by atoms with Crippen molar-refractivity contribution in [2.45, 2.75) is 25.0 Å². The number of sulfone groups is 1. The topological polar surface area (TPSA) is 67.2 Å². The average molecular weight is 217 g/mol. The highest BCUT2D eigenvalue weighted by atomic mass is 32.2. The molecule has 1 heterocycles. The molecule has 0 N–H and O–H groups in total. The first-order valence-corrected chi connectivity index (χ1v) is 6.45. The van der Waals surface area contributed by atoms with Crippen molar-refractivity contribution >= 4 is 9.84 Å². The Morgan fingerprint density at radius 1 is 1.50 bits per heavy atom. The molecule has 1 saturated heterocycles. The first-order valence-electron chi connectivity index (χ1n) is 4.74. The smallest absolute Gasteiger partial charge is 0.166 e. The van der Waals surface area contributed by atoms with Gasteiger partial charge in [-0.15, -0.1) is 0 Å². The van der Waals surface area contributed by atoms with Gasteiger partial charge in [-0.2, -0.15) is 5.26 Å². The highest BCUT2D eigenvalue weighted by Crippen LogP contribution is 2.23. The third-order valence-electron chi connectivity index (χ3n) is 2.76. The summed E-state index contributed by atoms with van der Waals surface area (Å²) in [5.41, 5.74) is 0. The van der Waals surface area contributed by atoms with Crippen LogP contribution in [0.2, 0.25) is 0 Å². The molecule has 5 heteroatoms. The van der Waals surface area contributed by atoms with Gasteiger partial charge in [0.05, 0.1) is 11.3 Å². The second kappa shape index (κ2) is 4.76. The zero-order chi connectivity index (χ0) is 10.6. The van der Waals surface area contributed by atoms with E-state index in [4.69, 9.17) is 10.00 Å². The largest absolute Gasteiger partial charge is 0.381 e. The summed E-state index contributed by atoms with van der Waals surface area (Å²) in [6.45, 7) is 2.97. The summed E-state index contributed by atoms with van der Waals surface area (Å²) in [5.74, 6) is -0.215. The fourth-order valence-electron chi connectivity index (χ4n) is 1.70. The predicted molar refractivity (Wildman–Crippen MR) is 52.4 cm³/mol. The molecular formula is C9H15NO3S. The molecule has 0 aliphatic carbocycles. The molecule has 1 atom stereocenters. The summed E-state index contributed by atoms with van der Waals surface area (Å²) in [5, 5.41) is 7.98. The lowest BCUT2D eigenvalue weighted by molar-refractivity contribution is 0.0662. The van der Waals surface area contributed by atoms with Gasteiger partial charge in [-0.1, -0.05) is 0 Å². The van der Waals surface area contributed by atoms with Crippen LogP contribution in [-0.4, -0.2) is 32.6 Å². The Hall–Kier alpha value is -0.600. The van der Waals surface area contributed by atoms with Crippen molar-refractivity contribution in [3.05, 3.63) is 0 Å². The van der Waals surface area contributed by atoms with Gasteiger partial charge in [0.2, 0.25) is 0 Å². The number of nitrogens with zero attached hydrogens (tertiary/aromatic N) is 1. The number of rotatable bonds is 3. The van der Waals surface area contributed by atoms with Crippen molar-refractivity contribution in [1.29, 1.82) is 5.26 Å². The number of hydrogen-bond acceptors (Lipinski definition) is 4. The number of ether oxygens (including phenoxy) is 1. The molecule has 0 amide bonds. The van der Waals surface area contributed by atoms with Crippen molar-refractivity contribution in [1.82, 2.24) is 0 Å². The van der Waals surface area contributed by atoms with Crippen LogP contribution in [0, 0.1) is 17.2 Å². The monoisotopic (exact) mass is 217 g/mol. The molecule has 1 aliphatic heterocycles. The predicted octanol–water partition coefficient (Wildman–Crippen LogP) is 0.740. The van der Waals surface area contributed by atoms with Crippen LogP contribution in [-0.2, 0) is 14.6 Å². The molecule has 0 aromatic carbocycles. The quantitative estimate of drug-likeness (QED) is 0.699. The van der Waals surface area contributed by atoms with Crippen molar-refractivity contribution in [2.24, 2.45) is 5.92 Å². The normalized spacial score (nSPS) is 21.4. The Bertz CT molecular complexity index is 311. The van der Waals surface area contributed by atoms with Crippen LogP contribution in [0.4, 0.5) is 0 Å². The van der Waals surface area contributed by atoms with E-state index in [9.17, 15) is 8.42 Å². The van der Waals surface area contributed by atoms with Gasteiger partial charge in [0.15, 0.2) is 9.84 Å². The van der Waals surface area contributed by atoms with Gasteiger partial charge < -0.3 is 4.74 Å². The van der Waals surface area contributed by atoms with Gasteiger partial charge in [0, 0.05) is 13.2 Å². The van der Waals surface area contributed by atoms with Gasteiger partial charge in [0.1, 0.15) is 5.75 Å². The molecule has 4 nitrogen and oxygen atoms in total. The van der Waals surface area contributed by atoms with Gasteiger partial charge in [-0.25, -0.2) is 8.42 Å². The summed E-state index contributed by atoms with van der Waals surface area (Å²) in [4.78, 5) is 0. The van der Waals surface area contributed by atoms with E-state index in [0.717, 1.165) is 12.8 Å². The van der Waals surface area contributed by atoms with Crippen LogP contribution in [0.5, 0.6) is 0 Å². The third-order valence-corrected chi connectivity index (χ3v) is 4.81. The maximum absolute atomic E-state index is 11.6. The molecule has 1 aliphatic rings. The Balaban J connectivity index is 2.64. The van der Waals surface area contributed by atoms with Crippen LogP contribution in [0.15, 0.2) is 0 Å².